The number of piperazine rings is 1. The molecule has 1 aliphatic heterocycles. The molecule has 3 rings (SSSR count). The summed E-state index contributed by atoms with van der Waals surface area (Å²) in [5, 5.41) is 0. The van der Waals surface area contributed by atoms with Gasteiger partial charge in [-0.2, -0.15) is 4.31 Å². The van der Waals surface area contributed by atoms with E-state index >= 15 is 0 Å². The first kappa shape index (κ1) is 17.0. The largest absolute Gasteiger partial charge is 0.369 e. The van der Waals surface area contributed by atoms with E-state index in [2.05, 4.69) is 36.9 Å². The van der Waals surface area contributed by atoms with E-state index in [0.717, 1.165) is 18.7 Å². The molecule has 1 saturated heterocycles. The summed E-state index contributed by atoms with van der Waals surface area (Å²) in [5.74, 6) is 0. The summed E-state index contributed by atoms with van der Waals surface area (Å²) in [6.45, 7) is 8.57. The lowest BCUT2D eigenvalue weighted by Crippen LogP contribution is -2.48. The van der Waals surface area contributed by atoms with E-state index in [4.69, 9.17) is 0 Å². The van der Waals surface area contributed by atoms with Gasteiger partial charge in [0.25, 0.3) is 0 Å². The van der Waals surface area contributed by atoms with Crippen LogP contribution in [0.1, 0.15) is 16.7 Å². The molecule has 5 heteroatoms. The van der Waals surface area contributed by atoms with Gasteiger partial charge in [-0.3, -0.25) is 0 Å². The summed E-state index contributed by atoms with van der Waals surface area (Å²) in [7, 11) is -3.40. The van der Waals surface area contributed by atoms with Crippen molar-refractivity contribution in [2.75, 3.05) is 31.1 Å². The number of benzene rings is 2. The molecule has 128 valence electrons. The first-order valence-electron chi connectivity index (χ1n) is 8.27. The van der Waals surface area contributed by atoms with Gasteiger partial charge in [0.15, 0.2) is 0 Å². The standard InChI is InChI=1S/C19H24N2O2S/c1-15-5-4-6-18(13-15)24(22,23)21-11-9-20(10-12-21)19-14-16(2)7-8-17(19)3/h4-8,13-14H,9-12H2,1-3H3. The molecule has 2 aromatic carbocycles. The minimum absolute atomic E-state index is 0.391. The fraction of sp³-hybridized carbons (Fsp3) is 0.368. The summed E-state index contributed by atoms with van der Waals surface area (Å²) < 4.78 is 27.2. The van der Waals surface area contributed by atoms with Gasteiger partial charge < -0.3 is 4.90 Å². The molecule has 0 aromatic heterocycles. The number of rotatable bonds is 3. The Balaban J connectivity index is 1.76. The molecule has 0 unspecified atom stereocenters. The molecule has 0 amide bonds. The van der Waals surface area contributed by atoms with Crippen molar-refractivity contribution >= 4 is 15.7 Å². The fourth-order valence-corrected chi connectivity index (χ4v) is 4.68. The van der Waals surface area contributed by atoms with Crippen LogP contribution in [0, 0.1) is 20.8 Å². The van der Waals surface area contributed by atoms with Crippen LogP contribution in [0.5, 0.6) is 0 Å². The summed E-state index contributed by atoms with van der Waals surface area (Å²) in [6, 6.07) is 13.6. The van der Waals surface area contributed by atoms with Crippen LogP contribution in [-0.4, -0.2) is 38.9 Å². The molecule has 0 radical (unpaired) electrons. The highest BCUT2D eigenvalue weighted by Gasteiger charge is 2.28. The molecule has 0 bridgehead atoms. The van der Waals surface area contributed by atoms with E-state index < -0.39 is 10.0 Å². The Kier molecular flexibility index (Phi) is 4.65. The number of aryl methyl sites for hydroxylation is 3. The molecule has 1 fully saturated rings. The maximum atomic E-state index is 12.8. The molecule has 0 aliphatic carbocycles. The second-order valence-electron chi connectivity index (χ2n) is 6.50. The molecule has 1 heterocycles. The molecular weight excluding hydrogens is 320 g/mol. The van der Waals surface area contributed by atoms with E-state index in [1.165, 1.54) is 16.8 Å². The Morgan fingerprint density at radius 1 is 0.833 bits per heavy atom. The minimum atomic E-state index is -3.40. The zero-order chi connectivity index (χ0) is 17.3. The van der Waals surface area contributed by atoms with E-state index in [-0.39, 0.29) is 0 Å². The van der Waals surface area contributed by atoms with Crippen LogP contribution in [0.3, 0.4) is 0 Å². The van der Waals surface area contributed by atoms with Crippen LogP contribution in [0.2, 0.25) is 0 Å². The highest BCUT2D eigenvalue weighted by atomic mass is 32.2. The highest BCUT2D eigenvalue weighted by molar-refractivity contribution is 7.89. The van der Waals surface area contributed by atoms with Gasteiger partial charge in [0.05, 0.1) is 4.90 Å². The zero-order valence-electron chi connectivity index (χ0n) is 14.5. The lowest BCUT2D eigenvalue weighted by atomic mass is 10.1. The Morgan fingerprint density at radius 2 is 1.50 bits per heavy atom. The highest BCUT2D eigenvalue weighted by Crippen LogP contribution is 2.25. The maximum absolute atomic E-state index is 12.8. The third kappa shape index (κ3) is 3.32. The predicted octanol–water partition coefficient (Wildman–Crippen LogP) is 3.12. The van der Waals surface area contributed by atoms with E-state index in [1.54, 1.807) is 22.5 Å². The van der Waals surface area contributed by atoms with Crippen molar-refractivity contribution in [1.29, 1.82) is 0 Å². The van der Waals surface area contributed by atoms with Crippen molar-refractivity contribution in [2.45, 2.75) is 25.7 Å². The molecular formula is C19H24N2O2S. The zero-order valence-corrected chi connectivity index (χ0v) is 15.3. The average molecular weight is 344 g/mol. The second-order valence-corrected chi connectivity index (χ2v) is 8.44. The first-order chi connectivity index (χ1) is 11.4. The van der Waals surface area contributed by atoms with Crippen molar-refractivity contribution in [3.8, 4) is 0 Å². The van der Waals surface area contributed by atoms with Crippen LogP contribution in [-0.2, 0) is 10.0 Å². The minimum Gasteiger partial charge on any atom is -0.369 e. The normalized spacial score (nSPS) is 16.4. The number of hydrogen-bond acceptors (Lipinski definition) is 3. The predicted molar refractivity (Wildman–Crippen MR) is 98.1 cm³/mol. The van der Waals surface area contributed by atoms with Crippen LogP contribution in [0.25, 0.3) is 0 Å². The smallest absolute Gasteiger partial charge is 0.243 e. The van der Waals surface area contributed by atoms with Gasteiger partial charge in [-0.1, -0.05) is 24.3 Å². The SMILES string of the molecule is Cc1cccc(S(=O)(=O)N2CCN(c3cc(C)ccc3C)CC2)c1. The lowest BCUT2D eigenvalue weighted by Gasteiger charge is -2.36. The quantitative estimate of drug-likeness (QED) is 0.859. The van der Waals surface area contributed by atoms with Crippen molar-refractivity contribution in [2.24, 2.45) is 0 Å². The van der Waals surface area contributed by atoms with Gasteiger partial charge in [0.2, 0.25) is 10.0 Å². The van der Waals surface area contributed by atoms with Gasteiger partial charge in [0.1, 0.15) is 0 Å². The van der Waals surface area contributed by atoms with Crippen molar-refractivity contribution in [3.05, 3.63) is 59.2 Å². The molecule has 0 atom stereocenters. The fourth-order valence-electron chi connectivity index (χ4n) is 3.15. The maximum Gasteiger partial charge on any atom is 0.243 e. The molecule has 0 spiro atoms. The first-order valence-corrected chi connectivity index (χ1v) is 9.71. The van der Waals surface area contributed by atoms with Crippen molar-refractivity contribution in [1.82, 2.24) is 4.31 Å². The van der Waals surface area contributed by atoms with Gasteiger partial charge in [-0.25, -0.2) is 8.42 Å². The molecule has 1 aliphatic rings. The topological polar surface area (TPSA) is 40.6 Å². The van der Waals surface area contributed by atoms with E-state index in [1.807, 2.05) is 13.0 Å². The molecule has 24 heavy (non-hydrogen) atoms. The molecule has 0 N–H and O–H groups in total. The Hall–Kier alpha value is -1.85. The van der Waals surface area contributed by atoms with Crippen LogP contribution >= 0.6 is 0 Å². The number of anilines is 1. The van der Waals surface area contributed by atoms with E-state index in [9.17, 15) is 8.42 Å². The summed E-state index contributed by atoms with van der Waals surface area (Å²) in [4.78, 5) is 2.67. The summed E-state index contributed by atoms with van der Waals surface area (Å²) >= 11 is 0. The van der Waals surface area contributed by atoms with Crippen molar-refractivity contribution < 1.29 is 8.42 Å². The average Bonchev–Trinajstić information content (AvgIpc) is 2.57. The second kappa shape index (κ2) is 6.57. The van der Waals surface area contributed by atoms with Crippen LogP contribution in [0.15, 0.2) is 47.4 Å². The van der Waals surface area contributed by atoms with Crippen molar-refractivity contribution in [3.63, 3.8) is 0 Å². The molecule has 0 saturated carbocycles. The Morgan fingerprint density at radius 3 is 2.17 bits per heavy atom. The monoisotopic (exact) mass is 344 g/mol. The van der Waals surface area contributed by atoms with Crippen LogP contribution in [0.4, 0.5) is 5.69 Å². The number of hydrogen-bond donors (Lipinski definition) is 0. The van der Waals surface area contributed by atoms with E-state index in [0.29, 0.717) is 18.0 Å². The molecule has 4 nitrogen and oxygen atoms in total. The Bertz CT molecular complexity index is 838. The summed E-state index contributed by atoms with van der Waals surface area (Å²) in [6.07, 6.45) is 0. The van der Waals surface area contributed by atoms with Gasteiger partial charge in [-0.05, 0) is 55.7 Å². The van der Waals surface area contributed by atoms with Gasteiger partial charge >= 0.3 is 0 Å². The van der Waals surface area contributed by atoms with Crippen LogP contribution < -0.4 is 4.90 Å². The summed E-state index contributed by atoms with van der Waals surface area (Å²) in [5.41, 5.74) is 4.63. The lowest BCUT2D eigenvalue weighted by molar-refractivity contribution is 0.384. The third-order valence-corrected chi connectivity index (χ3v) is 6.47. The Labute approximate surface area is 144 Å². The number of nitrogens with zero attached hydrogens (tertiary/aromatic N) is 2. The third-order valence-electron chi connectivity index (χ3n) is 4.57. The molecule has 2 aromatic rings. The number of sulfonamides is 1. The van der Waals surface area contributed by atoms with Gasteiger partial charge in [-0.15, -0.1) is 0 Å². The van der Waals surface area contributed by atoms with Gasteiger partial charge in [0, 0.05) is 31.9 Å².